The van der Waals surface area contributed by atoms with Crippen molar-refractivity contribution < 1.29 is 17.6 Å². The molecule has 7 heteroatoms. The van der Waals surface area contributed by atoms with Crippen LogP contribution in [0.4, 0.5) is 19.0 Å². The second-order valence-electron chi connectivity index (χ2n) is 3.93. The summed E-state index contributed by atoms with van der Waals surface area (Å²) in [6, 6.07) is 5.19. The fourth-order valence-corrected chi connectivity index (χ4v) is 1.72. The number of aromatic nitrogens is 1. The van der Waals surface area contributed by atoms with Gasteiger partial charge in [0.05, 0.1) is 12.1 Å². The van der Waals surface area contributed by atoms with Gasteiger partial charge < -0.3 is 9.73 Å². The largest absolute Gasteiger partial charge is 0.465 e. The SMILES string of the molecule is Cc1ccc(CNc2cc(C(F)(F)F)cc(Cl)n2)o1. The molecule has 0 unspecified atom stereocenters. The summed E-state index contributed by atoms with van der Waals surface area (Å²) >= 11 is 5.57. The number of nitrogens with zero attached hydrogens (tertiary/aromatic N) is 1. The van der Waals surface area contributed by atoms with Crippen LogP contribution in [0.3, 0.4) is 0 Å². The second-order valence-corrected chi connectivity index (χ2v) is 4.31. The van der Waals surface area contributed by atoms with Gasteiger partial charge in [-0.1, -0.05) is 11.6 Å². The van der Waals surface area contributed by atoms with E-state index in [9.17, 15) is 13.2 Å². The Bertz CT molecular complexity index is 581. The van der Waals surface area contributed by atoms with Crippen molar-refractivity contribution in [2.24, 2.45) is 0 Å². The van der Waals surface area contributed by atoms with Gasteiger partial charge >= 0.3 is 6.18 Å². The Morgan fingerprint density at radius 3 is 2.63 bits per heavy atom. The summed E-state index contributed by atoms with van der Waals surface area (Å²) in [6.07, 6.45) is -4.45. The van der Waals surface area contributed by atoms with Gasteiger partial charge in [-0.15, -0.1) is 0 Å². The lowest BCUT2D eigenvalue weighted by atomic mass is 10.2. The minimum Gasteiger partial charge on any atom is -0.465 e. The van der Waals surface area contributed by atoms with Crippen molar-refractivity contribution in [3.63, 3.8) is 0 Å². The molecule has 2 aromatic rings. The molecule has 0 spiro atoms. The van der Waals surface area contributed by atoms with Crippen LogP contribution in [-0.4, -0.2) is 4.98 Å². The molecule has 1 N–H and O–H groups in total. The van der Waals surface area contributed by atoms with Crippen LogP contribution in [0.5, 0.6) is 0 Å². The minimum absolute atomic E-state index is 0.0499. The molecule has 2 heterocycles. The maximum atomic E-state index is 12.6. The summed E-state index contributed by atoms with van der Waals surface area (Å²) in [5.41, 5.74) is -0.842. The van der Waals surface area contributed by atoms with Crippen molar-refractivity contribution >= 4 is 17.4 Å². The molecule has 0 saturated heterocycles. The number of anilines is 1. The molecule has 0 aromatic carbocycles. The Morgan fingerprint density at radius 1 is 1.32 bits per heavy atom. The number of aryl methyl sites for hydroxylation is 1. The Morgan fingerprint density at radius 2 is 2.05 bits per heavy atom. The maximum absolute atomic E-state index is 12.6. The highest BCUT2D eigenvalue weighted by Gasteiger charge is 2.31. The van der Waals surface area contributed by atoms with E-state index >= 15 is 0 Å². The third kappa shape index (κ3) is 3.64. The summed E-state index contributed by atoms with van der Waals surface area (Å²) < 4.78 is 43.0. The summed E-state index contributed by atoms with van der Waals surface area (Å²) in [7, 11) is 0. The van der Waals surface area contributed by atoms with Gasteiger partial charge in [-0.3, -0.25) is 0 Å². The number of hydrogen-bond donors (Lipinski definition) is 1. The highest BCUT2D eigenvalue weighted by atomic mass is 35.5. The molecule has 0 aliphatic heterocycles. The zero-order chi connectivity index (χ0) is 14.0. The van der Waals surface area contributed by atoms with E-state index in [4.69, 9.17) is 16.0 Å². The molecule has 0 atom stereocenters. The van der Waals surface area contributed by atoms with Gasteiger partial charge in [0.2, 0.25) is 0 Å². The molecule has 0 amide bonds. The lowest BCUT2D eigenvalue weighted by Crippen LogP contribution is -2.08. The molecule has 102 valence electrons. The molecular weight excluding hydrogens is 281 g/mol. The monoisotopic (exact) mass is 290 g/mol. The minimum atomic E-state index is -4.45. The summed E-state index contributed by atoms with van der Waals surface area (Å²) in [5, 5.41) is 2.52. The van der Waals surface area contributed by atoms with Crippen LogP contribution in [0.25, 0.3) is 0 Å². The lowest BCUT2D eigenvalue weighted by Gasteiger charge is -2.10. The number of alkyl halides is 3. The number of rotatable bonds is 3. The van der Waals surface area contributed by atoms with E-state index in [1.165, 1.54) is 0 Å². The first-order valence-corrected chi connectivity index (χ1v) is 5.76. The molecule has 0 saturated carbocycles. The fourth-order valence-electron chi connectivity index (χ4n) is 1.51. The standard InChI is InChI=1S/C12H10ClF3N2O/c1-7-2-3-9(19-7)6-17-11-5-8(12(14,15)16)4-10(13)18-11/h2-5H,6H2,1H3,(H,17,18). The van der Waals surface area contributed by atoms with Gasteiger partial charge in [-0.2, -0.15) is 13.2 Å². The number of furan rings is 1. The average Bonchev–Trinajstić information content (AvgIpc) is 2.71. The first-order chi connectivity index (χ1) is 8.84. The number of nitrogens with one attached hydrogen (secondary N) is 1. The highest BCUT2D eigenvalue weighted by molar-refractivity contribution is 6.29. The van der Waals surface area contributed by atoms with E-state index in [0.29, 0.717) is 5.76 Å². The smallest absolute Gasteiger partial charge is 0.416 e. The lowest BCUT2D eigenvalue weighted by molar-refractivity contribution is -0.137. The molecule has 2 rings (SSSR count). The normalized spacial score (nSPS) is 11.6. The zero-order valence-electron chi connectivity index (χ0n) is 9.88. The van der Waals surface area contributed by atoms with Crippen molar-refractivity contribution in [1.82, 2.24) is 4.98 Å². The van der Waals surface area contributed by atoms with E-state index in [1.807, 2.05) is 0 Å². The third-order valence-corrected chi connectivity index (χ3v) is 2.55. The van der Waals surface area contributed by atoms with Gasteiger partial charge in [-0.25, -0.2) is 4.98 Å². The van der Waals surface area contributed by atoms with E-state index in [2.05, 4.69) is 10.3 Å². The van der Waals surface area contributed by atoms with Gasteiger partial charge in [0, 0.05) is 0 Å². The van der Waals surface area contributed by atoms with E-state index in [1.54, 1.807) is 19.1 Å². The molecule has 0 radical (unpaired) electrons. The second kappa shape index (κ2) is 5.13. The van der Waals surface area contributed by atoms with Crippen LogP contribution < -0.4 is 5.32 Å². The Balaban J connectivity index is 2.14. The Kier molecular flexibility index (Phi) is 3.71. The molecule has 0 bridgehead atoms. The number of hydrogen-bond acceptors (Lipinski definition) is 3. The first-order valence-electron chi connectivity index (χ1n) is 5.38. The van der Waals surface area contributed by atoms with Crippen LogP contribution in [0.1, 0.15) is 17.1 Å². The van der Waals surface area contributed by atoms with Gasteiger partial charge in [0.15, 0.2) is 0 Å². The molecule has 19 heavy (non-hydrogen) atoms. The van der Waals surface area contributed by atoms with E-state index in [0.717, 1.165) is 17.9 Å². The first kappa shape index (κ1) is 13.7. The van der Waals surface area contributed by atoms with Crippen LogP contribution in [0.15, 0.2) is 28.7 Å². The third-order valence-electron chi connectivity index (χ3n) is 2.36. The predicted molar refractivity (Wildman–Crippen MR) is 65.0 cm³/mol. The van der Waals surface area contributed by atoms with Gasteiger partial charge in [0.25, 0.3) is 0 Å². The van der Waals surface area contributed by atoms with Crippen LogP contribution in [0.2, 0.25) is 5.15 Å². The van der Waals surface area contributed by atoms with Crippen molar-refractivity contribution in [2.75, 3.05) is 5.32 Å². The quantitative estimate of drug-likeness (QED) is 0.858. The predicted octanol–water partition coefficient (Wildman–Crippen LogP) is 4.27. The average molecular weight is 291 g/mol. The zero-order valence-corrected chi connectivity index (χ0v) is 10.6. The fraction of sp³-hybridized carbons (Fsp3) is 0.250. The molecule has 0 fully saturated rings. The van der Waals surface area contributed by atoms with Crippen LogP contribution >= 0.6 is 11.6 Å². The van der Waals surface area contributed by atoms with Gasteiger partial charge in [-0.05, 0) is 31.2 Å². The number of halogens is 4. The van der Waals surface area contributed by atoms with E-state index in [-0.39, 0.29) is 17.5 Å². The maximum Gasteiger partial charge on any atom is 0.416 e. The molecule has 0 aliphatic carbocycles. The Hall–Kier alpha value is -1.69. The molecule has 0 aliphatic rings. The molecule has 3 nitrogen and oxygen atoms in total. The Labute approximate surface area is 112 Å². The van der Waals surface area contributed by atoms with Crippen LogP contribution in [-0.2, 0) is 12.7 Å². The van der Waals surface area contributed by atoms with Crippen LogP contribution in [0, 0.1) is 6.92 Å². The van der Waals surface area contributed by atoms with E-state index < -0.39 is 11.7 Å². The topological polar surface area (TPSA) is 38.1 Å². The van der Waals surface area contributed by atoms with Crippen molar-refractivity contribution in [3.05, 3.63) is 46.5 Å². The summed E-state index contributed by atoms with van der Waals surface area (Å²) in [5.74, 6) is 1.38. The molecule has 2 aromatic heterocycles. The van der Waals surface area contributed by atoms with Crippen molar-refractivity contribution in [2.45, 2.75) is 19.6 Å². The highest BCUT2D eigenvalue weighted by Crippen LogP contribution is 2.32. The van der Waals surface area contributed by atoms with Gasteiger partial charge in [0.1, 0.15) is 22.5 Å². The summed E-state index contributed by atoms with van der Waals surface area (Å²) in [6.45, 7) is 2.02. The van der Waals surface area contributed by atoms with Crippen molar-refractivity contribution in [3.8, 4) is 0 Å². The number of pyridine rings is 1. The van der Waals surface area contributed by atoms with Crippen molar-refractivity contribution in [1.29, 1.82) is 0 Å². The summed E-state index contributed by atoms with van der Waals surface area (Å²) in [4.78, 5) is 3.78. The molecular formula is C12H10ClF3N2O.